The van der Waals surface area contributed by atoms with Crippen molar-refractivity contribution in [3.05, 3.63) is 58.9 Å². The Kier molecular flexibility index (Phi) is 5.97. The van der Waals surface area contributed by atoms with Crippen molar-refractivity contribution in [3.8, 4) is 0 Å². The van der Waals surface area contributed by atoms with Gasteiger partial charge in [0.25, 0.3) is 0 Å². The number of fused-ring (bicyclic) bond motifs is 1. The Morgan fingerprint density at radius 2 is 2.00 bits per heavy atom. The molecule has 0 fully saturated rings. The Bertz CT molecular complexity index is 1170. The molecule has 2 N–H and O–H groups in total. The quantitative estimate of drug-likeness (QED) is 0.538. The van der Waals surface area contributed by atoms with Gasteiger partial charge in [-0.15, -0.1) is 0 Å². The molecule has 0 unspecified atom stereocenters. The molecule has 0 radical (unpaired) electrons. The van der Waals surface area contributed by atoms with Crippen LogP contribution in [0.3, 0.4) is 0 Å². The van der Waals surface area contributed by atoms with E-state index in [1.807, 2.05) is 13.1 Å². The number of pyridine rings is 1. The molecule has 154 valence electrons. The van der Waals surface area contributed by atoms with E-state index < -0.39 is 38.7 Å². The zero-order valence-corrected chi connectivity index (χ0v) is 16.9. The van der Waals surface area contributed by atoms with E-state index in [0.29, 0.717) is 17.6 Å². The van der Waals surface area contributed by atoms with E-state index in [2.05, 4.69) is 14.7 Å². The number of ketones is 1. The lowest BCUT2D eigenvalue weighted by Gasteiger charge is -2.11. The number of nitrogens with one attached hydrogen (secondary N) is 2. The Labute approximate surface area is 167 Å². The van der Waals surface area contributed by atoms with Gasteiger partial charge in [0.15, 0.2) is 11.6 Å². The summed E-state index contributed by atoms with van der Waals surface area (Å²) in [6, 6.07) is 3.61. The predicted molar refractivity (Wildman–Crippen MR) is 108 cm³/mol. The average molecular weight is 421 g/mol. The first kappa shape index (κ1) is 20.9. The summed E-state index contributed by atoms with van der Waals surface area (Å²) in [5.74, 6) is -3.28. The van der Waals surface area contributed by atoms with Crippen molar-refractivity contribution in [1.29, 1.82) is 0 Å². The number of carbonyl (C=O) groups excluding carboxylic acids is 1. The highest BCUT2D eigenvalue weighted by Crippen LogP contribution is 2.25. The standard InChI is InChI=1S/C20H21F2N3O3S/c1-3-7-29(27,28)25-16-6-5-15(21)18(19(16)22)17(26)9-12-8-14-13(4-2)11-24-20(14)23-10-12/h5-6,8,10-11,25H,3-4,7,9H2,1-2H3,(H,23,24). The fourth-order valence-corrected chi connectivity index (χ4v) is 4.27. The van der Waals surface area contributed by atoms with Crippen molar-refractivity contribution in [1.82, 2.24) is 9.97 Å². The number of H-pyrrole nitrogens is 1. The summed E-state index contributed by atoms with van der Waals surface area (Å²) in [4.78, 5) is 19.9. The van der Waals surface area contributed by atoms with Gasteiger partial charge >= 0.3 is 0 Å². The highest BCUT2D eigenvalue weighted by Gasteiger charge is 2.23. The van der Waals surface area contributed by atoms with Crippen molar-refractivity contribution in [2.24, 2.45) is 0 Å². The normalized spacial score (nSPS) is 11.7. The molecule has 0 aliphatic carbocycles. The molecule has 1 aromatic carbocycles. The van der Waals surface area contributed by atoms with E-state index in [-0.39, 0.29) is 12.2 Å². The number of anilines is 1. The van der Waals surface area contributed by atoms with E-state index in [1.54, 1.807) is 13.0 Å². The lowest BCUT2D eigenvalue weighted by atomic mass is 10.0. The third-order valence-corrected chi connectivity index (χ3v) is 6.00. The lowest BCUT2D eigenvalue weighted by molar-refractivity contribution is 0.0985. The minimum Gasteiger partial charge on any atom is -0.346 e. The smallest absolute Gasteiger partial charge is 0.232 e. The number of sulfonamides is 1. The number of nitrogens with zero attached hydrogens (tertiary/aromatic N) is 1. The summed E-state index contributed by atoms with van der Waals surface area (Å²) in [6.45, 7) is 3.64. The van der Waals surface area contributed by atoms with Gasteiger partial charge in [0.1, 0.15) is 11.5 Å². The van der Waals surface area contributed by atoms with Gasteiger partial charge < -0.3 is 4.98 Å². The van der Waals surface area contributed by atoms with Gasteiger partial charge in [0, 0.05) is 24.2 Å². The largest absolute Gasteiger partial charge is 0.346 e. The molecular formula is C20H21F2N3O3S. The van der Waals surface area contributed by atoms with Crippen LogP contribution in [0.2, 0.25) is 0 Å². The van der Waals surface area contributed by atoms with E-state index in [1.165, 1.54) is 6.20 Å². The summed E-state index contributed by atoms with van der Waals surface area (Å²) in [7, 11) is -3.78. The average Bonchev–Trinajstić information content (AvgIpc) is 3.06. The molecule has 6 nitrogen and oxygen atoms in total. The Balaban J connectivity index is 1.92. The molecule has 0 saturated heterocycles. The minimum atomic E-state index is -3.78. The van der Waals surface area contributed by atoms with Gasteiger partial charge in [-0.25, -0.2) is 22.2 Å². The fourth-order valence-electron chi connectivity index (χ4n) is 3.14. The van der Waals surface area contributed by atoms with Crippen molar-refractivity contribution in [2.75, 3.05) is 10.5 Å². The molecule has 0 spiro atoms. The molecule has 0 aliphatic heterocycles. The van der Waals surface area contributed by atoms with Crippen LogP contribution in [0.25, 0.3) is 11.0 Å². The molecule has 0 aliphatic rings. The maximum atomic E-state index is 14.8. The molecule has 0 saturated carbocycles. The maximum Gasteiger partial charge on any atom is 0.232 e. The SMILES string of the molecule is CCCS(=O)(=O)Nc1ccc(F)c(C(=O)Cc2cnc3[nH]cc(CC)c3c2)c1F. The molecule has 2 aromatic heterocycles. The van der Waals surface area contributed by atoms with Gasteiger partial charge in [-0.05, 0) is 42.2 Å². The minimum absolute atomic E-state index is 0.213. The number of rotatable bonds is 8. The topological polar surface area (TPSA) is 91.9 Å². The van der Waals surface area contributed by atoms with Gasteiger partial charge in [0.05, 0.1) is 17.0 Å². The number of benzene rings is 1. The lowest BCUT2D eigenvalue weighted by Crippen LogP contribution is -2.19. The third kappa shape index (κ3) is 4.45. The van der Waals surface area contributed by atoms with Crippen LogP contribution in [0.1, 0.15) is 41.8 Å². The molecular weight excluding hydrogens is 400 g/mol. The van der Waals surface area contributed by atoms with E-state index in [9.17, 15) is 22.0 Å². The van der Waals surface area contributed by atoms with E-state index >= 15 is 0 Å². The van der Waals surface area contributed by atoms with Crippen LogP contribution < -0.4 is 4.72 Å². The number of aromatic amines is 1. The zero-order valence-electron chi connectivity index (χ0n) is 16.1. The monoisotopic (exact) mass is 421 g/mol. The molecule has 0 atom stereocenters. The number of carbonyl (C=O) groups is 1. The third-order valence-electron chi connectivity index (χ3n) is 4.53. The highest BCUT2D eigenvalue weighted by molar-refractivity contribution is 7.92. The molecule has 3 rings (SSSR count). The van der Waals surface area contributed by atoms with Crippen molar-refractivity contribution in [3.63, 3.8) is 0 Å². The number of aryl methyl sites for hydroxylation is 1. The van der Waals surface area contributed by atoms with Crippen molar-refractivity contribution in [2.45, 2.75) is 33.1 Å². The van der Waals surface area contributed by atoms with Crippen LogP contribution in [0.4, 0.5) is 14.5 Å². The Hall–Kier alpha value is -2.81. The molecule has 3 aromatic rings. The zero-order chi connectivity index (χ0) is 21.2. The number of halogens is 2. The number of Topliss-reactive ketones (excluding diaryl/α,β-unsaturated/α-hetero) is 1. The van der Waals surface area contributed by atoms with Crippen LogP contribution in [0, 0.1) is 11.6 Å². The number of aromatic nitrogens is 2. The van der Waals surface area contributed by atoms with Crippen LogP contribution in [0.15, 0.2) is 30.6 Å². The van der Waals surface area contributed by atoms with Crippen LogP contribution in [0.5, 0.6) is 0 Å². The second kappa shape index (κ2) is 8.28. The summed E-state index contributed by atoms with van der Waals surface area (Å²) < 4.78 is 54.9. The molecule has 2 heterocycles. The first-order chi connectivity index (χ1) is 13.8. The summed E-state index contributed by atoms with van der Waals surface area (Å²) in [6.07, 6.45) is 4.13. The molecule has 0 bridgehead atoms. The van der Waals surface area contributed by atoms with Gasteiger partial charge in [0.2, 0.25) is 10.0 Å². The second-order valence-electron chi connectivity index (χ2n) is 6.71. The molecule has 9 heteroatoms. The van der Waals surface area contributed by atoms with Gasteiger partial charge in [-0.2, -0.15) is 0 Å². The van der Waals surface area contributed by atoms with Crippen LogP contribution in [-0.4, -0.2) is 29.9 Å². The van der Waals surface area contributed by atoms with Crippen LogP contribution in [-0.2, 0) is 22.9 Å². The number of hydrogen-bond acceptors (Lipinski definition) is 4. The van der Waals surface area contributed by atoms with Crippen molar-refractivity contribution < 1.29 is 22.0 Å². The summed E-state index contributed by atoms with van der Waals surface area (Å²) >= 11 is 0. The first-order valence-corrected chi connectivity index (χ1v) is 10.9. The van der Waals surface area contributed by atoms with Crippen LogP contribution >= 0.6 is 0 Å². The Morgan fingerprint density at radius 1 is 1.24 bits per heavy atom. The van der Waals surface area contributed by atoms with E-state index in [4.69, 9.17) is 0 Å². The summed E-state index contributed by atoms with van der Waals surface area (Å²) in [5.41, 5.74) is 0.976. The van der Waals surface area contributed by atoms with Gasteiger partial charge in [-0.3, -0.25) is 9.52 Å². The fraction of sp³-hybridized carbons (Fsp3) is 0.300. The Morgan fingerprint density at radius 3 is 2.69 bits per heavy atom. The first-order valence-electron chi connectivity index (χ1n) is 9.22. The van der Waals surface area contributed by atoms with Crippen molar-refractivity contribution >= 4 is 32.5 Å². The van der Waals surface area contributed by atoms with Gasteiger partial charge in [-0.1, -0.05) is 13.8 Å². The van der Waals surface area contributed by atoms with E-state index in [0.717, 1.165) is 29.5 Å². The predicted octanol–water partition coefficient (Wildman–Crippen LogP) is 3.98. The number of hydrogen-bond donors (Lipinski definition) is 2. The second-order valence-corrected chi connectivity index (χ2v) is 8.55. The highest BCUT2D eigenvalue weighted by atomic mass is 32.2. The summed E-state index contributed by atoms with van der Waals surface area (Å²) in [5, 5.41) is 0.847. The molecule has 29 heavy (non-hydrogen) atoms. The maximum absolute atomic E-state index is 14.8. The molecule has 0 amide bonds.